The Balaban J connectivity index is 1.42. The molecule has 1 aliphatic carbocycles. The highest BCUT2D eigenvalue weighted by molar-refractivity contribution is 5.97. The number of hydrogen-bond acceptors (Lipinski definition) is 3. The molecular formula is C23H26N4O. The summed E-state index contributed by atoms with van der Waals surface area (Å²) in [5.74, 6) is -0.0493. The monoisotopic (exact) mass is 374 g/mol. The van der Waals surface area contributed by atoms with Crippen molar-refractivity contribution in [2.75, 3.05) is 6.54 Å². The molecule has 2 aromatic carbocycles. The van der Waals surface area contributed by atoms with Crippen LogP contribution in [0, 0.1) is 6.92 Å². The third-order valence-corrected chi connectivity index (χ3v) is 5.47. The van der Waals surface area contributed by atoms with E-state index in [0.29, 0.717) is 18.7 Å². The molecule has 1 N–H and O–H groups in total. The molecule has 0 bridgehead atoms. The van der Waals surface area contributed by atoms with Crippen molar-refractivity contribution < 1.29 is 4.79 Å². The van der Waals surface area contributed by atoms with Gasteiger partial charge in [0.15, 0.2) is 0 Å². The number of amides is 1. The molecule has 1 aromatic heterocycles. The highest BCUT2D eigenvalue weighted by atomic mass is 16.1. The molecule has 0 saturated carbocycles. The topological polar surface area (TPSA) is 59.8 Å². The van der Waals surface area contributed by atoms with E-state index in [-0.39, 0.29) is 5.91 Å². The summed E-state index contributed by atoms with van der Waals surface area (Å²) >= 11 is 0. The van der Waals surface area contributed by atoms with E-state index in [1.807, 2.05) is 35.0 Å². The van der Waals surface area contributed by atoms with Gasteiger partial charge in [0, 0.05) is 12.1 Å². The smallest absolute Gasteiger partial charge is 0.251 e. The Labute approximate surface area is 165 Å². The number of allylic oxidation sites excluding steroid dienone is 1. The molecule has 0 saturated heterocycles. The van der Waals surface area contributed by atoms with Crippen molar-refractivity contribution >= 4 is 16.9 Å². The molecule has 0 aliphatic heterocycles. The summed E-state index contributed by atoms with van der Waals surface area (Å²) in [6.45, 7) is 3.45. The summed E-state index contributed by atoms with van der Waals surface area (Å²) in [6, 6.07) is 13.9. The second kappa shape index (κ2) is 8.38. The zero-order chi connectivity index (χ0) is 19.3. The van der Waals surface area contributed by atoms with Gasteiger partial charge in [-0.1, -0.05) is 41.1 Å². The lowest BCUT2D eigenvalue weighted by molar-refractivity contribution is 0.0954. The average Bonchev–Trinajstić information content (AvgIpc) is 3.12. The van der Waals surface area contributed by atoms with Gasteiger partial charge in [-0.15, -0.1) is 5.10 Å². The molecule has 4 rings (SSSR count). The van der Waals surface area contributed by atoms with Crippen LogP contribution in [0.25, 0.3) is 11.0 Å². The highest BCUT2D eigenvalue weighted by Gasteiger charge is 2.11. The Morgan fingerprint density at radius 2 is 2.07 bits per heavy atom. The Morgan fingerprint density at radius 1 is 1.18 bits per heavy atom. The molecule has 0 spiro atoms. The first-order valence-electron chi connectivity index (χ1n) is 10.0. The number of aromatic nitrogens is 3. The van der Waals surface area contributed by atoms with Crippen molar-refractivity contribution in [1.29, 1.82) is 0 Å². The summed E-state index contributed by atoms with van der Waals surface area (Å²) in [4.78, 5) is 12.5. The van der Waals surface area contributed by atoms with E-state index in [0.717, 1.165) is 17.5 Å². The summed E-state index contributed by atoms with van der Waals surface area (Å²) < 4.78 is 1.88. The van der Waals surface area contributed by atoms with Crippen LogP contribution in [-0.4, -0.2) is 27.4 Å². The van der Waals surface area contributed by atoms with Crippen LogP contribution < -0.4 is 5.32 Å². The minimum Gasteiger partial charge on any atom is -0.352 e. The van der Waals surface area contributed by atoms with Gasteiger partial charge in [-0.2, -0.15) is 0 Å². The quantitative estimate of drug-likeness (QED) is 0.650. The summed E-state index contributed by atoms with van der Waals surface area (Å²) in [7, 11) is 0. The predicted octanol–water partition coefficient (Wildman–Crippen LogP) is 4.41. The lowest BCUT2D eigenvalue weighted by Gasteiger charge is -2.13. The molecule has 5 nitrogen and oxygen atoms in total. The predicted molar refractivity (Wildman–Crippen MR) is 111 cm³/mol. The second-order valence-electron chi connectivity index (χ2n) is 7.49. The van der Waals surface area contributed by atoms with Gasteiger partial charge in [0.05, 0.1) is 12.1 Å². The van der Waals surface area contributed by atoms with Crippen molar-refractivity contribution in [3.63, 3.8) is 0 Å². The molecule has 0 fully saturated rings. The van der Waals surface area contributed by atoms with Crippen LogP contribution in [0.2, 0.25) is 0 Å². The molecular weight excluding hydrogens is 348 g/mol. The van der Waals surface area contributed by atoms with Crippen LogP contribution in [0.5, 0.6) is 0 Å². The minimum absolute atomic E-state index is 0.0493. The summed E-state index contributed by atoms with van der Waals surface area (Å²) in [5.41, 5.74) is 6.24. The van der Waals surface area contributed by atoms with Crippen molar-refractivity contribution in [1.82, 2.24) is 20.3 Å². The number of nitrogens with zero attached hydrogens (tertiary/aromatic N) is 3. The lowest BCUT2D eigenvalue weighted by atomic mass is 9.97. The first kappa shape index (κ1) is 18.4. The van der Waals surface area contributed by atoms with Crippen LogP contribution in [0.1, 0.15) is 53.6 Å². The molecule has 1 heterocycles. The van der Waals surface area contributed by atoms with Crippen molar-refractivity contribution in [2.24, 2.45) is 0 Å². The van der Waals surface area contributed by atoms with E-state index in [1.54, 1.807) is 0 Å². The molecule has 0 unspecified atom stereocenters. The first-order valence-corrected chi connectivity index (χ1v) is 10.0. The van der Waals surface area contributed by atoms with Gasteiger partial charge < -0.3 is 5.32 Å². The van der Waals surface area contributed by atoms with Crippen molar-refractivity contribution in [3.8, 4) is 0 Å². The number of rotatable bonds is 6. The van der Waals surface area contributed by atoms with Crippen LogP contribution in [0.15, 0.2) is 54.1 Å². The van der Waals surface area contributed by atoms with Crippen LogP contribution >= 0.6 is 0 Å². The van der Waals surface area contributed by atoms with E-state index < -0.39 is 0 Å². The maximum atomic E-state index is 12.5. The van der Waals surface area contributed by atoms with Gasteiger partial charge in [-0.05, 0) is 68.4 Å². The first-order chi connectivity index (χ1) is 13.7. The lowest BCUT2D eigenvalue weighted by Crippen LogP contribution is -2.24. The molecule has 3 aromatic rings. The van der Waals surface area contributed by atoms with Gasteiger partial charge in [-0.25, -0.2) is 4.68 Å². The summed E-state index contributed by atoms with van der Waals surface area (Å²) in [6.07, 6.45) is 8.19. The van der Waals surface area contributed by atoms with E-state index in [9.17, 15) is 4.79 Å². The van der Waals surface area contributed by atoms with Crippen LogP contribution in [0.4, 0.5) is 0 Å². The minimum atomic E-state index is -0.0493. The van der Waals surface area contributed by atoms with Gasteiger partial charge in [0.1, 0.15) is 5.52 Å². The fourth-order valence-corrected chi connectivity index (χ4v) is 3.75. The second-order valence-corrected chi connectivity index (χ2v) is 7.49. The Kier molecular flexibility index (Phi) is 5.51. The van der Waals surface area contributed by atoms with E-state index in [2.05, 4.69) is 40.8 Å². The number of aryl methyl sites for hydroxylation is 1. The van der Waals surface area contributed by atoms with Gasteiger partial charge in [-0.3, -0.25) is 4.79 Å². The fraction of sp³-hybridized carbons (Fsp3) is 0.348. The van der Waals surface area contributed by atoms with Crippen LogP contribution in [0.3, 0.4) is 0 Å². The van der Waals surface area contributed by atoms with Crippen LogP contribution in [-0.2, 0) is 6.54 Å². The number of carbonyl (C=O) groups is 1. The molecule has 1 amide bonds. The van der Waals surface area contributed by atoms with Gasteiger partial charge >= 0.3 is 0 Å². The molecule has 1 aliphatic rings. The number of fused-ring (bicyclic) bond motifs is 1. The van der Waals surface area contributed by atoms with Gasteiger partial charge in [0.2, 0.25) is 0 Å². The molecule has 144 valence electrons. The average molecular weight is 374 g/mol. The Morgan fingerprint density at radius 3 is 2.89 bits per heavy atom. The maximum absolute atomic E-state index is 12.5. The third kappa shape index (κ3) is 4.14. The zero-order valence-electron chi connectivity index (χ0n) is 16.3. The largest absolute Gasteiger partial charge is 0.352 e. The zero-order valence-corrected chi connectivity index (χ0v) is 16.3. The fourth-order valence-electron chi connectivity index (χ4n) is 3.75. The van der Waals surface area contributed by atoms with E-state index >= 15 is 0 Å². The number of carbonyl (C=O) groups excluding carboxylic acids is 1. The number of hydrogen-bond donors (Lipinski definition) is 1. The molecule has 28 heavy (non-hydrogen) atoms. The van der Waals surface area contributed by atoms with Crippen molar-refractivity contribution in [2.45, 2.75) is 45.6 Å². The Bertz CT molecular complexity index is 1020. The molecule has 5 heteroatoms. The SMILES string of the molecule is Cc1ccccc1Cn1nnc2cc(C(=O)NCCC3=CCCCC3)ccc21. The normalized spacial score (nSPS) is 14.1. The van der Waals surface area contributed by atoms with Crippen molar-refractivity contribution in [3.05, 3.63) is 70.8 Å². The number of nitrogens with one attached hydrogen (secondary N) is 1. The third-order valence-electron chi connectivity index (χ3n) is 5.47. The summed E-state index contributed by atoms with van der Waals surface area (Å²) in [5, 5.41) is 11.6. The maximum Gasteiger partial charge on any atom is 0.251 e. The van der Waals surface area contributed by atoms with Gasteiger partial charge in [0.25, 0.3) is 5.91 Å². The Hall–Kier alpha value is -2.95. The highest BCUT2D eigenvalue weighted by Crippen LogP contribution is 2.20. The number of benzene rings is 2. The molecule has 0 radical (unpaired) electrons. The van der Waals surface area contributed by atoms with E-state index in [1.165, 1.54) is 42.4 Å². The molecule has 0 atom stereocenters. The standard InChI is InChI=1S/C23H26N4O/c1-17-7-5-6-10-20(17)16-27-22-12-11-19(15-21(22)25-26-27)23(28)24-14-13-18-8-3-2-4-9-18/h5-8,10-12,15H,2-4,9,13-14,16H2,1H3,(H,24,28). The van der Waals surface area contributed by atoms with E-state index in [4.69, 9.17) is 0 Å².